The Bertz CT molecular complexity index is 3440. The topological polar surface area (TPSA) is 15.3 Å². The first-order valence-corrected chi connectivity index (χ1v) is 24.0. The molecule has 4 aliphatic carbocycles. The fourth-order valence-electron chi connectivity index (χ4n) is 12.7. The molecule has 2 heteroatoms. The number of rotatable bonds is 5. The molecule has 0 fully saturated rings. The highest BCUT2D eigenvalue weighted by molar-refractivity contribution is 5.98. The van der Waals surface area contributed by atoms with Crippen molar-refractivity contribution >= 4 is 28.4 Å². The lowest BCUT2D eigenvalue weighted by Gasteiger charge is -2.32. The molecule has 13 rings (SSSR count). The second kappa shape index (κ2) is 13.8. The average Bonchev–Trinajstić information content (AvgIpc) is 3.96. The molecular formula is C65H54N2. The molecule has 0 bridgehead atoms. The highest BCUT2D eigenvalue weighted by atomic mass is 15.1. The lowest BCUT2D eigenvalue weighted by molar-refractivity contribution is 0.590. The summed E-state index contributed by atoms with van der Waals surface area (Å²) in [7, 11) is 0. The molecule has 0 saturated carbocycles. The van der Waals surface area contributed by atoms with Gasteiger partial charge >= 0.3 is 0 Å². The molecule has 0 heterocycles. The van der Waals surface area contributed by atoms with Gasteiger partial charge in [-0.15, -0.1) is 0 Å². The number of hydrogen-bond donors (Lipinski definition) is 1. The molecule has 0 saturated heterocycles. The summed E-state index contributed by atoms with van der Waals surface area (Å²) in [5, 5.41) is 3.81. The Morgan fingerprint density at radius 2 is 0.716 bits per heavy atom. The molecular weight excluding hydrogens is 809 g/mol. The van der Waals surface area contributed by atoms with Crippen molar-refractivity contribution in [3.8, 4) is 44.5 Å². The third-order valence-corrected chi connectivity index (χ3v) is 16.0. The van der Waals surface area contributed by atoms with Crippen molar-refractivity contribution in [2.75, 3.05) is 10.2 Å². The first kappa shape index (κ1) is 39.9. The molecule has 0 radical (unpaired) electrons. The molecule has 1 spiro atoms. The van der Waals surface area contributed by atoms with Crippen LogP contribution in [0.15, 0.2) is 194 Å². The minimum Gasteiger partial charge on any atom is -0.356 e. The summed E-state index contributed by atoms with van der Waals surface area (Å²) in [6.45, 7) is 16.3. The van der Waals surface area contributed by atoms with Crippen LogP contribution in [0.2, 0.25) is 0 Å². The molecule has 2 nitrogen and oxygen atoms in total. The Balaban J connectivity index is 1.00. The summed E-state index contributed by atoms with van der Waals surface area (Å²) in [6.07, 6.45) is 0. The predicted molar refractivity (Wildman–Crippen MR) is 281 cm³/mol. The number of fused-ring (bicyclic) bond motifs is 16. The zero-order valence-electron chi connectivity index (χ0n) is 39.4. The van der Waals surface area contributed by atoms with Crippen molar-refractivity contribution in [1.29, 1.82) is 0 Å². The van der Waals surface area contributed by atoms with Gasteiger partial charge < -0.3 is 10.2 Å². The van der Waals surface area contributed by atoms with Crippen LogP contribution in [-0.2, 0) is 21.7 Å². The lowest BCUT2D eigenvalue weighted by Crippen LogP contribution is -2.26. The first-order valence-electron chi connectivity index (χ1n) is 24.0. The van der Waals surface area contributed by atoms with Crippen LogP contribution in [0.25, 0.3) is 44.5 Å². The molecule has 1 N–H and O–H groups in total. The SMILES string of the molecule is CC(C)(C)c1ccc(Nc2ccc3c(c2)C2(c4ccccc4-c4cc(N(c5ccc6c(c5)C(C)(C)c5ccccc5-6)c5ccc6c(c5)C(C)(C)c5ccccc5-6)ccc42)c2ccccc2-3)cc1. The third-order valence-electron chi connectivity index (χ3n) is 16.0. The number of benzene rings is 9. The van der Waals surface area contributed by atoms with Gasteiger partial charge in [0.1, 0.15) is 0 Å². The van der Waals surface area contributed by atoms with Crippen LogP contribution in [0.3, 0.4) is 0 Å². The van der Waals surface area contributed by atoms with Crippen molar-refractivity contribution in [3.05, 3.63) is 244 Å². The number of hydrogen-bond acceptors (Lipinski definition) is 2. The van der Waals surface area contributed by atoms with E-state index in [1.54, 1.807) is 0 Å². The molecule has 1 unspecified atom stereocenters. The summed E-state index contributed by atoms with van der Waals surface area (Å²) >= 11 is 0. The quantitative estimate of drug-likeness (QED) is 0.185. The summed E-state index contributed by atoms with van der Waals surface area (Å²) in [5.74, 6) is 0. The van der Waals surface area contributed by atoms with Gasteiger partial charge in [-0.3, -0.25) is 0 Å². The van der Waals surface area contributed by atoms with E-state index in [0.29, 0.717) is 0 Å². The van der Waals surface area contributed by atoms with Gasteiger partial charge in [0.25, 0.3) is 0 Å². The van der Waals surface area contributed by atoms with E-state index in [0.717, 1.165) is 28.4 Å². The van der Waals surface area contributed by atoms with Crippen LogP contribution in [0, 0.1) is 0 Å². The van der Waals surface area contributed by atoms with Crippen molar-refractivity contribution in [2.24, 2.45) is 0 Å². The standard InChI is InChI=1S/C65H54N2/c1-62(2,3)40-24-26-41(27-25-40)66-42-28-32-52-48-18-10-14-22-56(48)65(61(52)36-42)57-23-15-11-19-49(57)53-37-43(31-35-58(53)65)67(44-29-33-50-46-16-8-12-20-54(46)63(4,5)59(50)38-44)45-30-34-51-47-17-9-13-21-55(47)64(6,7)60(51)39-45/h8-39,66H,1-7H3. The van der Waals surface area contributed by atoms with Crippen LogP contribution >= 0.6 is 0 Å². The molecule has 0 amide bonds. The summed E-state index contributed by atoms with van der Waals surface area (Å²) < 4.78 is 0. The van der Waals surface area contributed by atoms with Crippen LogP contribution in [0.1, 0.15) is 98.5 Å². The third kappa shape index (κ3) is 5.50. The lowest BCUT2D eigenvalue weighted by atomic mass is 9.70. The van der Waals surface area contributed by atoms with Gasteiger partial charge in [-0.25, -0.2) is 0 Å². The summed E-state index contributed by atoms with van der Waals surface area (Å²) in [4.78, 5) is 2.52. The molecule has 67 heavy (non-hydrogen) atoms. The second-order valence-corrected chi connectivity index (χ2v) is 21.4. The van der Waals surface area contributed by atoms with Crippen molar-refractivity contribution < 1.29 is 0 Å². The van der Waals surface area contributed by atoms with Crippen molar-refractivity contribution in [1.82, 2.24) is 0 Å². The monoisotopic (exact) mass is 862 g/mol. The van der Waals surface area contributed by atoms with Crippen LogP contribution in [0.5, 0.6) is 0 Å². The number of anilines is 5. The van der Waals surface area contributed by atoms with Gasteiger partial charge in [-0.1, -0.05) is 182 Å². The van der Waals surface area contributed by atoms with Crippen molar-refractivity contribution in [3.63, 3.8) is 0 Å². The van der Waals surface area contributed by atoms with Gasteiger partial charge in [0.15, 0.2) is 0 Å². The van der Waals surface area contributed by atoms with E-state index in [1.165, 1.54) is 94.6 Å². The highest BCUT2D eigenvalue weighted by Crippen LogP contribution is 2.64. The van der Waals surface area contributed by atoms with Gasteiger partial charge in [-0.05, 0) is 161 Å². The molecule has 9 aromatic carbocycles. The average molecular weight is 863 g/mol. The predicted octanol–water partition coefficient (Wildman–Crippen LogP) is 17.2. The summed E-state index contributed by atoms with van der Waals surface area (Å²) in [5.41, 5.74) is 27.6. The number of nitrogens with one attached hydrogen (secondary N) is 1. The Labute approximate surface area is 395 Å². The van der Waals surface area contributed by atoms with Gasteiger partial charge in [0, 0.05) is 39.3 Å². The van der Waals surface area contributed by atoms with Crippen LogP contribution in [0.4, 0.5) is 28.4 Å². The molecule has 0 aromatic heterocycles. The minimum absolute atomic E-state index is 0.0969. The molecule has 4 aliphatic rings. The van der Waals surface area contributed by atoms with Crippen LogP contribution in [-0.4, -0.2) is 0 Å². The van der Waals surface area contributed by atoms with E-state index in [-0.39, 0.29) is 16.2 Å². The Morgan fingerprint density at radius 3 is 1.25 bits per heavy atom. The normalized spacial score (nSPS) is 16.9. The highest BCUT2D eigenvalue weighted by Gasteiger charge is 2.52. The molecule has 0 aliphatic heterocycles. The van der Waals surface area contributed by atoms with Gasteiger partial charge in [0.2, 0.25) is 0 Å². The van der Waals surface area contributed by atoms with E-state index in [2.05, 4.69) is 253 Å². The zero-order valence-corrected chi connectivity index (χ0v) is 39.4. The largest absolute Gasteiger partial charge is 0.356 e. The molecule has 1 atom stereocenters. The Morgan fingerprint density at radius 1 is 0.328 bits per heavy atom. The van der Waals surface area contributed by atoms with E-state index in [4.69, 9.17) is 0 Å². The van der Waals surface area contributed by atoms with Gasteiger partial charge in [-0.2, -0.15) is 0 Å². The van der Waals surface area contributed by atoms with Gasteiger partial charge in [0.05, 0.1) is 5.41 Å². The van der Waals surface area contributed by atoms with E-state index in [9.17, 15) is 0 Å². The van der Waals surface area contributed by atoms with E-state index >= 15 is 0 Å². The summed E-state index contributed by atoms with van der Waals surface area (Å²) in [6, 6.07) is 73.9. The second-order valence-electron chi connectivity index (χ2n) is 21.4. The smallest absolute Gasteiger partial charge is 0.0726 e. The fourth-order valence-corrected chi connectivity index (χ4v) is 12.7. The maximum atomic E-state index is 3.81. The molecule has 9 aromatic rings. The Kier molecular flexibility index (Phi) is 8.23. The van der Waals surface area contributed by atoms with Crippen molar-refractivity contribution in [2.45, 2.75) is 70.1 Å². The van der Waals surface area contributed by atoms with Crippen LogP contribution < -0.4 is 10.2 Å². The Hall–Kier alpha value is -7.42. The maximum Gasteiger partial charge on any atom is 0.0726 e. The maximum absolute atomic E-state index is 3.81. The first-order chi connectivity index (χ1) is 32.3. The fraction of sp³-hybridized carbons (Fsp3) is 0.169. The van der Waals surface area contributed by atoms with E-state index < -0.39 is 5.41 Å². The number of nitrogens with zero attached hydrogens (tertiary/aromatic N) is 1. The minimum atomic E-state index is -0.484. The zero-order chi connectivity index (χ0) is 45.6. The van der Waals surface area contributed by atoms with E-state index in [1.807, 2.05) is 0 Å². The molecule has 324 valence electrons.